The Morgan fingerprint density at radius 1 is 1.24 bits per heavy atom. The maximum absolute atomic E-state index is 12.6. The van der Waals surface area contributed by atoms with Gasteiger partial charge < -0.3 is 20.7 Å². The van der Waals surface area contributed by atoms with E-state index >= 15 is 0 Å². The van der Waals surface area contributed by atoms with Crippen LogP contribution in [-0.2, 0) is 11.3 Å². The molecule has 0 saturated carbocycles. The first-order valence-corrected chi connectivity index (χ1v) is 9.82. The van der Waals surface area contributed by atoms with Crippen LogP contribution in [0.3, 0.4) is 0 Å². The number of unbranched alkanes of at least 4 members (excludes halogenated alkanes) is 1. The predicted molar refractivity (Wildman–Crippen MR) is 115 cm³/mol. The van der Waals surface area contributed by atoms with Crippen LogP contribution in [0.15, 0.2) is 33.9 Å². The minimum absolute atomic E-state index is 0.0663. The van der Waals surface area contributed by atoms with Gasteiger partial charge in [0, 0.05) is 13.1 Å². The summed E-state index contributed by atoms with van der Waals surface area (Å²) in [6.07, 6.45) is 1.62. The smallest absolute Gasteiger partial charge is 0.330 e. The fourth-order valence-corrected chi connectivity index (χ4v) is 2.98. The highest BCUT2D eigenvalue weighted by molar-refractivity contribution is 5.95. The van der Waals surface area contributed by atoms with Crippen molar-refractivity contribution in [1.29, 1.82) is 0 Å². The standard InChI is InChI=1S/C20H29N5O4/c1-4-7-12-25-18(21)17(19(27)23-20(25)28)24(5-2)13-16(26)22-14-10-8-9-11-15(14)29-6-3/h8-11H,4-7,12-13,21H2,1-3H3,(H,22,26)(H,23,27,28). The van der Waals surface area contributed by atoms with Crippen LogP contribution in [0, 0.1) is 0 Å². The van der Waals surface area contributed by atoms with Gasteiger partial charge in [-0.2, -0.15) is 0 Å². The van der Waals surface area contributed by atoms with Crippen molar-refractivity contribution in [2.24, 2.45) is 0 Å². The molecule has 9 heteroatoms. The molecule has 0 unspecified atom stereocenters. The van der Waals surface area contributed by atoms with E-state index in [0.717, 1.165) is 12.8 Å². The number of aromatic nitrogens is 2. The Labute approximate surface area is 169 Å². The lowest BCUT2D eigenvalue weighted by Gasteiger charge is -2.24. The quantitative estimate of drug-likeness (QED) is 0.556. The molecule has 0 saturated heterocycles. The molecule has 0 spiro atoms. The van der Waals surface area contributed by atoms with Crippen LogP contribution in [0.4, 0.5) is 17.2 Å². The third-order valence-corrected chi connectivity index (χ3v) is 4.44. The van der Waals surface area contributed by atoms with Crippen molar-refractivity contribution in [1.82, 2.24) is 9.55 Å². The fourth-order valence-electron chi connectivity index (χ4n) is 2.98. The molecule has 2 rings (SSSR count). The molecule has 29 heavy (non-hydrogen) atoms. The lowest BCUT2D eigenvalue weighted by Crippen LogP contribution is -2.41. The van der Waals surface area contributed by atoms with Gasteiger partial charge >= 0.3 is 5.69 Å². The first-order chi connectivity index (χ1) is 13.9. The van der Waals surface area contributed by atoms with Crippen LogP contribution in [0.25, 0.3) is 0 Å². The molecule has 0 atom stereocenters. The Balaban J connectivity index is 2.27. The number of likely N-dealkylation sites (N-methyl/N-ethyl adjacent to an activating group) is 1. The average Bonchev–Trinajstić information content (AvgIpc) is 2.68. The zero-order valence-electron chi connectivity index (χ0n) is 17.2. The van der Waals surface area contributed by atoms with Crippen molar-refractivity contribution in [3.8, 4) is 5.75 Å². The van der Waals surface area contributed by atoms with Gasteiger partial charge in [0.1, 0.15) is 17.3 Å². The molecular weight excluding hydrogens is 374 g/mol. The third-order valence-electron chi connectivity index (χ3n) is 4.44. The van der Waals surface area contributed by atoms with Gasteiger partial charge in [0.15, 0.2) is 0 Å². The van der Waals surface area contributed by atoms with Crippen molar-refractivity contribution in [2.75, 3.05) is 35.6 Å². The van der Waals surface area contributed by atoms with E-state index in [0.29, 0.717) is 31.1 Å². The number of para-hydroxylation sites is 2. The molecule has 0 aliphatic rings. The summed E-state index contributed by atoms with van der Waals surface area (Å²) in [7, 11) is 0. The molecule has 1 aromatic heterocycles. The van der Waals surface area contributed by atoms with Gasteiger partial charge in [-0.1, -0.05) is 25.5 Å². The summed E-state index contributed by atoms with van der Waals surface area (Å²) in [5, 5.41) is 2.80. The maximum atomic E-state index is 12.6. The minimum atomic E-state index is -0.607. The zero-order chi connectivity index (χ0) is 21.4. The van der Waals surface area contributed by atoms with E-state index in [2.05, 4.69) is 10.3 Å². The van der Waals surface area contributed by atoms with Crippen LogP contribution in [0.2, 0.25) is 0 Å². The van der Waals surface area contributed by atoms with Crippen molar-refractivity contribution >= 4 is 23.1 Å². The first-order valence-electron chi connectivity index (χ1n) is 9.82. The normalized spacial score (nSPS) is 10.6. The molecule has 0 bridgehead atoms. The highest BCUT2D eigenvalue weighted by atomic mass is 16.5. The number of hydrogen-bond donors (Lipinski definition) is 3. The number of benzene rings is 1. The number of nitrogens with one attached hydrogen (secondary N) is 2. The van der Waals surface area contributed by atoms with Crippen LogP contribution < -0.4 is 31.9 Å². The number of carbonyl (C=O) groups is 1. The molecule has 1 heterocycles. The highest BCUT2D eigenvalue weighted by Gasteiger charge is 2.20. The number of nitrogen functional groups attached to an aromatic ring is 1. The lowest BCUT2D eigenvalue weighted by atomic mass is 10.3. The SMILES string of the molecule is CCCCn1c(N)c(N(CC)CC(=O)Nc2ccccc2OCC)c(=O)[nH]c1=O. The van der Waals surface area contributed by atoms with Gasteiger partial charge in [-0.25, -0.2) is 4.79 Å². The second-order valence-corrected chi connectivity index (χ2v) is 6.49. The molecule has 4 N–H and O–H groups in total. The number of H-pyrrole nitrogens is 1. The van der Waals surface area contributed by atoms with Crippen molar-refractivity contribution < 1.29 is 9.53 Å². The number of amides is 1. The molecule has 0 aliphatic heterocycles. The monoisotopic (exact) mass is 403 g/mol. The molecule has 1 amide bonds. The maximum Gasteiger partial charge on any atom is 0.330 e. The number of nitrogens with two attached hydrogens (primary N) is 1. The van der Waals surface area contributed by atoms with Crippen molar-refractivity contribution in [3.63, 3.8) is 0 Å². The molecule has 0 aliphatic carbocycles. The summed E-state index contributed by atoms with van der Waals surface area (Å²) in [4.78, 5) is 41.0. The van der Waals surface area contributed by atoms with Gasteiger partial charge in [-0.15, -0.1) is 0 Å². The second-order valence-electron chi connectivity index (χ2n) is 6.49. The van der Waals surface area contributed by atoms with Crippen LogP contribution in [-0.4, -0.2) is 35.2 Å². The van der Waals surface area contributed by atoms with Crippen LogP contribution in [0.1, 0.15) is 33.6 Å². The van der Waals surface area contributed by atoms with E-state index in [-0.39, 0.29) is 24.0 Å². The van der Waals surface area contributed by atoms with E-state index < -0.39 is 11.2 Å². The lowest BCUT2D eigenvalue weighted by molar-refractivity contribution is -0.115. The molecule has 9 nitrogen and oxygen atoms in total. The molecule has 1 aromatic carbocycles. The zero-order valence-corrected chi connectivity index (χ0v) is 17.2. The Morgan fingerprint density at radius 2 is 1.97 bits per heavy atom. The summed E-state index contributed by atoms with van der Waals surface area (Å²) >= 11 is 0. The number of carbonyl (C=O) groups excluding carboxylic acids is 1. The van der Waals surface area contributed by atoms with E-state index in [4.69, 9.17) is 10.5 Å². The number of rotatable bonds is 10. The summed E-state index contributed by atoms with van der Waals surface area (Å²) in [6, 6.07) is 7.12. The van der Waals surface area contributed by atoms with Gasteiger partial charge in [-0.3, -0.25) is 19.1 Å². The number of aromatic amines is 1. The topological polar surface area (TPSA) is 122 Å². The number of nitrogens with zero attached hydrogens (tertiary/aromatic N) is 2. The van der Waals surface area contributed by atoms with E-state index in [1.165, 1.54) is 4.57 Å². The van der Waals surface area contributed by atoms with Crippen LogP contribution >= 0.6 is 0 Å². The molecule has 158 valence electrons. The summed E-state index contributed by atoms with van der Waals surface area (Å²) in [5.74, 6) is 0.303. The highest BCUT2D eigenvalue weighted by Crippen LogP contribution is 2.24. The molecule has 2 aromatic rings. The Hall–Kier alpha value is -3.23. The number of hydrogen-bond acceptors (Lipinski definition) is 6. The van der Waals surface area contributed by atoms with Crippen LogP contribution in [0.5, 0.6) is 5.75 Å². The Bertz CT molecular complexity index is 951. The first kappa shape index (κ1) is 22.1. The molecule has 0 fully saturated rings. The van der Waals surface area contributed by atoms with E-state index in [1.54, 1.807) is 23.1 Å². The summed E-state index contributed by atoms with van der Waals surface area (Å²) in [5.41, 5.74) is 5.66. The average molecular weight is 403 g/mol. The van der Waals surface area contributed by atoms with Gasteiger partial charge in [-0.05, 0) is 32.4 Å². The number of ether oxygens (including phenoxy) is 1. The Kier molecular flexibility index (Phi) is 7.88. The van der Waals surface area contributed by atoms with Crippen molar-refractivity contribution in [2.45, 2.75) is 40.2 Å². The molecule has 0 radical (unpaired) electrons. The summed E-state index contributed by atoms with van der Waals surface area (Å²) < 4.78 is 6.86. The van der Waals surface area contributed by atoms with E-state index in [1.807, 2.05) is 26.8 Å². The minimum Gasteiger partial charge on any atom is -0.492 e. The summed E-state index contributed by atoms with van der Waals surface area (Å²) in [6.45, 7) is 6.80. The van der Waals surface area contributed by atoms with Gasteiger partial charge in [0.25, 0.3) is 5.56 Å². The second kappa shape index (κ2) is 10.4. The van der Waals surface area contributed by atoms with Gasteiger partial charge in [0.05, 0.1) is 18.8 Å². The predicted octanol–water partition coefficient (Wildman–Crippen LogP) is 1.78. The van der Waals surface area contributed by atoms with Gasteiger partial charge in [0.2, 0.25) is 5.91 Å². The van der Waals surface area contributed by atoms with Crippen molar-refractivity contribution in [3.05, 3.63) is 45.1 Å². The fraction of sp³-hybridized carbons (Fsp3) is 0.450. The largest absolute Gasteiger partial charge is 0.492 e. The Morgan fingerprint density at radius 3 is 2.62 bits per heavy atom. The number of anilines is 3. The van der Waals surface area contributed by atoms with E-state index in [9.17, 15) is 14.4 Å². The third kappa shape index (κ3) is 5.40. The molecular formula is C20H29N5O4.